The lowest BCUT2D eigenvalue weighted by Gasteiger charge is -2.10. The lowest BCUT2D eigenvalue weighted by atomic mass is 10.1. The number of rotatable bonds is 4. The summed E-state index contributed by atoms with van der Waals surface area (Å²) in [5, 5.41) is 1.81. The van der Waals surface area contributed by atoms with Crippen molar-refractivity contribution in [2.45, 2.75) is 13.1 Å². The lowest BCUT2D eigenvalue weighted by Crippen LogP contribution is -2.24. The highest BCUT2D eigenvalue weighted by molar-refractivity contribution is 7.07. The Labute approximate surface area is 208 Å². The molecule has 182 valence electrons. The van der Waals surface area contributed by atoms with E-state index in [0.717, 1.165) is 12.1 Å². The second kappa shape index (κ2) is 9.16. The van der Waals surface area contributed by atoms with E-state index in [-0.39, 0.29) is 5.56 Å². The number of para-hydroxylation sites is 2. The normalized spacial score (nSPS) is 12.3. The number of halogens is 3. The molecule has 5 nitrogen and oxygen atoms in total. The Hall–Kier alpha value is -4.11. The molecule has 0 saturated carbocycles. The molecule has 2 heterocycles. The van der Waals surface area contributed by atoms with Crippen molar-refractivity contribution in [3.05, 3.63) is 117 Å². The molecule has 36 heavy (non-hydrogen) atoms. The van der Waals surface area contributed by atoms with Crippen LogP contribution in [-0.2, 0) is 13.2 Å². The molecule has 0 radical (unpaired) electrons. The van der Waals surface area contributed by atoms with Crippen molar-refractivity contribution in [3.63, 3.8) is 0 Å². The number of nitrogens with zero attached hydrogens (tertiary/aromatic N) is 4. The van der Waals surface area contributed by atoms with Crippen molar-refractivity contribution >= 4 is 17.0 Å². The summed E-state index contributed by atoms with van der Waals surface area (Å²) in [6.45, 7) is 1.84. The van der Waals surface area contributed by atoms with Gasteiger partial charge in [0.05, 0.1) is 28.3 Å². The van der Waals surface area contributed by atoms with E-state index in [0.29, 0.717) is 38.8 Å². The third kappa shape index (κ3) is 4.22. The van der Waals surface area contributed by atoms with Gasteiger partial charge in [-0.15, -0.1) is 11.3 Å². The zero-order valence-electron chi connectivity index (χ0n) is 19.4. The minimum absolute atomic E-state index is 0.262. The molecule has 5 rings (SSSR count). The van der Waals surface area contributed by atoms with E-state index in [1.165, 1.54) is 23.5 Å². The molecule has 9 heteroatoms. The molecule has 0 fully saturated rings. The molecule has 0 saturated heterocycles. The molecule has 3 aromatic carbocycles. The fraction of sp³-hybridized carbons (Fsp3) is 0.111. The van der Waals surface area contributed by atoms with Crippen molar-refractivity contribution in [1.29, 1.82) is 0 Å². The maximum absolute atomic E-state index is 13.8. The van der Waals surface area contributed by atoms with Crippen molar-refractivity contribution in [2.24, 2.45) is 12.0 Å². The van der Waals surface area contributed by atoms with Crippen LogP contribution in [0.1, 0.15) is 11.3 Å². The minimum atomic E-state index is -4.43. The maximum Gasteiger partial charge on any atom is 0.416 e. The molecule has 0 spiro atoms. The van der Waals surface area contributed by atoms with E-state index in [4.69, 9.17) is 4.99 Å². The Morgan fingerprint density at radius 2 is 1.47 bits per heavy atom. The van der Waals surface area contributed by atoms with Gasteiger partial charge >= 0.3 is 6.18 Å². The first-order valence-corrected chi connectivity index (χ1v) is 12.0. The maximum atomic E-state index is 13.8. The third-order valence-electron chi connectivity index (χ3n) is 5.94. The van der Waals surface area contributed by atoms with Gasteiger partial charge in [-0.3, -0.25) is 14.0 Å². The van der Waals surface area contributed by atoms with Crippen LogP contribution in [0.5, 0.6) is 0 Å². The van der Waals surface area contributed by atoms with Gasteiger partial charge in [0.25, 0.3) is 5.56 Å². The van der Waals surface area contributed by atoms with Crippen LogP contribution in [0.15, 0.2) is 100 Å². The molecule has 0 aliphatic rings. The van der Waals surface area contributed by atoms with E-state index >= 15 is 0 Å². The van der Waals surface area contributed by atoms with Gasteiger partial charge in [-0.05, 0) is 48.9 Å². The van der Waals surface area contributed by atoms with Gasteiger partial charge in [0.2, 0.25) is 0 Å². The first-order chi connectivity index (χ1) is 17.3. The zero-order chi connectivity index (χ0) is 25.4. The van der Waals surface area contributed by atoms with Crippen LogP contribution in [0.2, 0.25) is 0 Å². The van der Waals surface area contributed by atoms with Crippen LogP contribution in [-0.4, -0.2) is 13.9 Å². The summed E-state index contributed by atoms with van der Waals surface area (Å²) in [6.07, 6.45) is -4.43. The largest absolute Gasteiger partial charge is 0.416 e. The molecular weight excluding hydrogens is 485 g/mol. The average molecular weight is 507 g/mol. The zero-order valence-corrected chi connectivity index (χ0v) is 20.2. The first kappa shape index (κ1) is 23.6. The summed E-state index contributed by atoms with van der Waals surface area (Å²) in [4.78, 5) is 19.1. The number of hydrogen-bond donors (Lipinski definition) is 0. The van der Waals surface area contributed by atoms with E-state index in [1.807, 2.05) is 73.0 Å². The molecule has 2 aromatic heterocycles. The predicted octanol–water partition coefficient (Wildman–Crippen LogP) is 6.25. The molecular formula is C27H21F3N4OS. The summed E-state index contributed by atoms with van der Waals surface area (Å²) < 4.78 is 44.6. The van der Waals surface area contributed by atoms with Crippen molar-refractivity contribution in [2.75, 3.05) is 0 Å². The van der Waals surface area contributed by atoms with Crippen LogP contribution in [0.25, 0.3) is 22.6 Å². The van der Waals surface area contributed by atoms with E-state index in [1.54, 1.807) is 21.0 Å². The quantitative estimate of drug-likeness (QED) is 0.284. The van der Waals surface area contributed by atoms with Gasteiger partial charge in [-0.2, -0.15) is 13.2 Å². The number of thiazole rings is 1. The highest BCUT2D eigenvalue weighted by Crippen LogP contribution is 2.32. The number of alkyl halides is 3. The standard InChI is InChI=1S/C27H21F3N4OS/c1-18-24(25(35)34(32(18)2)22-11-7-4-8-12-22)33-23(19-13-15-20(16-14-19)27(28,29)30)17-36-26(33)31-21-9-5-3-6-10-21/h3-17H,1-2H3. The molecule has 0 N–H and O–H groups in total. The second-order valence-corrected chi connectivity index (χ2v) is 9.01. The molecule has 0 aliphatic carbocycles. The first-order valence-electron chi connectivity index (χ1n) is 11.1. The van der Waals surface area contributed by atoms with Crippen LogP contribution in [0.4, 0.5) is 18.9 Å². The predicted molar refractivity (Wildman–Crippen MR) is 135 cm³/mol. The lowest BCUT2D eigenvalue weighted by molar-refractivity contribution is -0.137. The molecule has 0 bridgehead atoms. The van der Waals surface area contributed by atoms with Gasteiger partial charge in [-0.1, -0.05) is 48.5 Å². The van der Waals surface area contributed by atoms with Crippen LogP contribution >= 0.6 is 11.3 Å². The van der Waals surface area contributed by atoms with E-state index in [9.17, 15) is 18.0 Å². The monoisotopic (exact) mass is 506 g/mol. The molecule has 0 unspecified atom stereocenters. The summed E-state index contributed by atoms with van der Waals surface area (Å²) in [5.74, 6) is 0. The minimum Gasteiger partial charge on any atom is -0.283 e. The number of aromatic nitrogens is 3. The Morgan fingerprint density at radius 1 is 0.861 bits per heavy atom. The van der Waals surface area contributed by atoms with Crippen molar-refractivity contribution in [3.8, 4) is 22.6 Å². The van der Waals surface area contributed by atoms with Crippen molar-refractivity contribution in [1.82, 2.24) is 13.9 Å². The molecule has 0 aliphatic heterocycles. The smallest absolute Gasteiger partial charge is 0.283 e. The molecule has 5 aromatic rings. The third-order valence-corrected chi connectivity index (χ3v) is 6.77. The Balaban J connectivity index is 1.79. The Morgan fingerprint density at radius 3 is 2.08 bits per heavy atom. The summed E-state index contributed by atoms with van der Waals surface area (Å²) >= 11 is 1.32. The molecule has 0 amide bonds. The van der Waals surface area contributed by atoms with E-state index in [2.05, 4.69) is 0 Å². The summed E-state index contributed by atoms with van der Waals surface area (Å²) in [5.41, 5.74) is 2.60. The fourth-order valence-corrected chi connectivity index (χ4v) is 4.97. The van der Waals surface area contributed by atoms with E-state index < -0.39 is 11.7 Å². The number of benzene rings is 3. The van der Waals surface area contributed by atoms with Gasteiger partial charge in [0.1, 0.15) is 5.69 Å². The second-order valence-electron chi connectivity index (χ2n) is 8.17. The van der Waals surface area contributed by atoms with Gasteiger partial charge in [0.15, 0.2) is 4.80 Å². The highest BCUT2D eigenvalue weighted by atomic mass is 32.1. The highest BCUT2D eigenvalue weighted by Gasteiger charge is 2.30. The number of hydrogen-bond acceptors (Lipinski definition) is 3. The van der Waals surface area contributed by atoms with Gasteiger partial charge in [-0.25, -0.2) is 9.67 Å². The molecule has 0 atom stereocenters. The van der Waals surface area contributed by atoms with Crippen LogP contribution in [0.3, 0.4) is 0 Å². The Kier molecular flexibility index (Phi) is 6.01. The fourth-order valence-electron chi connectivity index (χ4n) is 4.06. The van der Waals surface area contributed by atoms with Crippen LogP contribution < -0.4 is 10.4 Å². The Bertz CT molecular complexity index is 1640. The van der Waals surface area contributed by atoms with Crippen LogP contribution in [0, 0.1) is 6.92 Å². The topological polar surface area (TPSA) is 44.2 Å². The SMILES string of the molecule is Cc1c(-n2c(-c3ccc(C(F)(F)F)cc3)csc2=Nc2ccccc2)c(=O)n(-c2ccccc2)n1C. The van der Waals surface area contributed by atoms with Gasteiger partial charge < -0.3 is 0 Å². The average Bonchev–Trinajstić information content (AvgIpc) is 3.37. The summed E-state index contributed by atoms with van der Waals surface area (Å²) in [7, 11) is 1.80. The van der Waals surface area contributed by atoms with Crippen molar-refractivity contribution < 1.29 is 13.2 Å². The van der Waals surface area contributed by atoms with Gasteiger partial charge in [0, 0.05) is 12.4 Å². The summed E-state index contributed by atoms with van der Waals surface area (Å²) in [6, 6.07) is 23.5.